The van der Waals surface area contributed by atoms with Crippen molar-refractivity contribution in [2.45, 2.75) is 30.6 Å². The predicted molar refractivity (Wildman–Crippen MR) is 121 cm³/mol. The molecule has 0 atom stereocenters. The number of carbonyl (C=O) groups is 1. The van der Waals surface area contributed by atoms with Gasteiger partial charge < -0.3 is 9.84 Å². The summed E-state index contributed by atoms with van der Waals surface area (Å²) in [4.78, 5) is 12.1. The molecule has 0 heterocycles. The van der Waals surface area contributed by atoms with Crippen LogP contribution < -0.4 is 4.74 Å². The van der Waals surface area contributed by atoms with Crippen LogP contribution in [0.1, 0.15) is 28.4 Å². The van der Waals surface area contributed by atoms with E-state index in [0.717, 1.165) is 11.9 Å². The third-order valence-electron chi connectivity index (χ3n) is 4.76. The van der Waals surface area contributed by atoms with Gasteiger partial charge in [0.2, 0.25) is 0 Å². The van der Waals surface area contributed by atoms with E-state index in [9.17, 15) is 22.7 Å². The van der Waals surface area contributed by atoms with E-state index in [4.69, 9.17) is 4.74 Å². The Morgan fingerprint density at radius 2 is 1.75 bits per heavy atom. The monoisotopic (exact) mass is 475 g/mol. The Balaban J connectivity index is 1.82. The molecule has 32 heavy (non-hydrogen) atoms. The maximum Gasteiger partial charge on any atom is 0.336 e. The highest BCUT2D eigenvalue weighted by molar-refractivity contribution is 8.08. The quantitative estimate of drug-likeness (QED) is 0.424. The molecule has 0 unspecified atom stereocenters. The van der Waals surface area contributed by atoms with E-state index < -0.39 is 21.8 Å². The summed E-state index contributed by atoms with van der Waals surface area (Å²) in [5, 5.41) is 9.41. The number of aromatic carboxylic acids is 1. The second-order valence-corrected chi connectivity index (χ2v) is 10.2. The molecule has 3 rings (SSSR count). The van der Waals surface area contributed by atoms with Gasteiger partial charge in [-0.05, 0) is 85.5 Å². The van der Waals surface area contributed by atoms with Crippen molar-refractivity contribution in [1.29, 1.82) is 0 Å². The van der Waals surface area contributed by atoms with Crippen LogP contribution in [-0.4, -0.2) is 29.7 Å². The van der Waals surface area contributed by atoms with Crippen LogP contribution in [0.2, 0.25) is 0 Å². The van der Waals surface area contributed by atoms with Crippen LogP contribution in [0.15, 0.2) is 70.5 Å². The molecule has 168 valence electrons. The van der Waals surface area contributed by atoms with E-state index in [0.29, 0.717) is 27.5 Å². The zero-order chi connectivity index (χ0) is 23.5. The number of rotatable bonds is 8. The van der Waals surface area contributed by atoms with Gasteiger partial charge in [0, 0.05) is 17.5 Å². The maximum atomic E-state index is 13.3. The molecule has 0 aliphatic rings. The Hall–Kier alpha value is -2.88. The second kappa shape index (κ2) is 9.72. The van der Waals surface area contributed by atoms with Crippen molar-refractivity contribution in [3.8, 4) is 11.5 Å². The number of carboxylic acid groups (broad SMARTS) is 1. The van der Waals surface area contributed by atoms with Crippen molar-refractivity contribution in [2.24, 2.45) is 0 Å². The summed E-state index contributed by atoms with van der Waals surface area (Å²) >= 11 is 1.01. The normalized spacial score (nSPS) is 11.5. The lowest BCUT2D eigenvalue weighted by Gasteiger charge is -2.20. The number of benzene rings is 3. The van der Waals surface area contributed by atoms with Crippen molar-refractivity contribution >= 4 is 27.9 Å². The van der Waals surface area contributed by atoms with Gasteiger partial charge in [0.25, 0.3) is 10.0 Å². The molecule has 0 fully saturated rings. The lowest BCUT2D eigenvalue weighted by molar-refractivity contribution is 0.0695. The van der Waals surface area contributed by atoms with Gasteiger partial charge in [-0.25, -0.2) is 17.6 Å². The number of sulfonamides is 1. The summed E-state index contributed by atoms with van der Waals surface area (Å²) in [5.74, 6) is -0.749. The summed E-state index contributed by atoms with van der Waals surface area (Å²) in [5.41, 5.74) is 1.08. The fraction of sp³-hybridized carbons (Fsp3) is 0.174. The van der Waals surface area contributed by atoms with E-state index in [1.54, 1.807) is 57.2 Å². The number of hydrogen-bond acceptors (Lipinski definition) is 5. The van der Waals surface area contributed by atoms with Gasteiger partial charge in [0.1, 0.15) is 17.3 Å². The fourth-order valence-corrected chi connectivity index (χ4v) is 5.65. The van der Waals surface area contributed by atoms with Crippen molar-refractivity contribution in [2.75, 3.05) is 6.54 Å². The Labute approximate surface area is 190 Å². The summed E-state index contributed by atoms with van der Waals surface area (Å²) < 4.78 is 46.5. The van der Waals surface area contributed by atoms with Crippen LogP contribution in [0.4, 0.5) is 4.39 Å². The molecular formula is C23H22FNO5S2. The van der Waals surface area contributed by atoms with E-state index in [1.807, 2.05) is 0 Å². The number of ether oxygens (including phenoxy) is 1. The van der Waals surface area contributed by atoms with Gasteiger partial charge in [0.15, 0.2) is 0 Å². The number of hydrogen-bond donors (Lipinski definition) is 1. The second-order valence-electron chi connectivity index (χ2n) is 6.96. The van der Waals surface area contributed by atoms with E-state index >= 15 is 0 Å². The van der Waals surface area contributed by atoms with Crippen molar-refractivity contribution in [3.63, 3.8) is 0 Å². The van der Waals surface area contributed by atoms with Crippen molar-refractivity contribution in [1.82, 2.24) is 3.71 Å². The third-order valence-corrected chi connectivity index (χ3v) is 8.14. The summed E-state index contributed by atoms with van der Waals surface area (Å²) in [6.45, 7) is 5.20. The lowest BCUT2D eigenvalue weighted by atomic mass is 10.0. The molecule has 0 radical (unpaired) electrons. The Morgan fingerprint density at radius 1 is 1.06 bits per heavy atom. The number of halogens is 1. The largest absolute Gasteiger partial charge is 0.478 e. The van der Waals surface area contributed by atoms with Gasteiger partial charge >= 0.3 is 5.97 Å². The molecule has 0 spiro atoms. The first-order valence-electron chi connectivity index (χ1n) is 9.70. The van der Waals surface area contributed by atoms with Gasteiger partial charge in [-0.2, -0.15) is 0 Å². The molecule has 0 aliphatic carbocycles. The zero-order valence-electron chi connectivity index (χ0n) is 17.7. The molecule has 0 aliphatic heterocycles. The first-order chi connectivity index (χ1) is 15.1. The SMILES string of the molecule is CCN(Sc1ccc(Oc2cccc(F)c2)cc1)S(=O)(=O)c1cc(C)c(C)c(C(=O)O)c1. The van der Waals surface area contributed by atoms with Crippen molar-refractivity contribution in [3.05, 3.63) is 83.2 Å². The van der Waals surface area contributed by atoms with Crippen LogP contribution in [0.25, 0.3) is 0 Å². The number of carboxylic acids is 1. The van der Waals surface area contributed by atoms with E-state index in [1.165, 1.54) is 28.0 Å². The molecule has 0 bridgehead atoms. The molecule has 0 aromatic heterocycles. The highest BCUT2D eigenvalue weighted by Crippen LogP contribution is 2.32. The summed E-state index contributed by atoms with van der Waals surface area (Å²) in [6, 6.07) is 15.1. The average molecular weight is 476 g/mol. The van der Waals surface area contributed by atoms with Gasteiger partial charge in [-0.15, -0.1) is 3.71 Å². The molecule has 3 aromatic rings. The van der Waals surface area contributed by atoms with Gasteiger partial charge in [-0.3, -0.25) is 0 Å². The molecule has 0 saturated heterocycles. The van der Waals surface area contributed by atoms with Crippen LogP contribution in [-0.2, 0) is 10.0 Å². The molecular weight excluding hydrogens is 453 g/mol. The van der Waals surface area contributed by atoms with Gasteiger partial charge in [0.05, 0.1) is 10.5 Å². The first-order valence-corrected chi connectivity index (χ1v) is 11.9. The van der Waals surface area contributed by atoms with Crippen LogP contribution in [0, 0.1) is 19.7 Å². The number of aryl methyl sites for hydroxylation is 1. The standard InChI is InChI=1S/C23H22FNO5S2/c1-4-25(32(28,29)21-12-15(2)16(3)22(14-21)23(26)27)31-20-10-8-18(9-11-20)30-19-7-5-6-17(24)13-19/h5-14H,4H2,1-3H3,(H,26,27). The number of nitrogens with zero attached hydrogens (tertiary/aromatic N) is 1. The van der Waals surface area contributed by atoms with Crippen molar-refractivity contribution < 1.29 is 27.4 Å². The Morgan fingerprint density at radius 3 is 2.34 bits per heavy atom. The highest BCUT2D eigenvalue weighted by atomic mass is 32.3. The van der Waals surface area contributed by atoms with E-state index in [2.05, 4.69) is 0 Å². The van der Waals surface area contributed by atoms with Crippen LogP contribution in [0.3, 0.4) is 0 Å². The van der Waals surface area contributed by atoms with Crippen LogP contribution in [0.5, 0.6) is 11.5 Å². The highest BCUT2D eigenvalue weighted by Gasteiger charge is 2.27. The van der Waals surface area contributed by atoms with Gasteiger partial charge in [-0.1, -0.05) is 13.0 Å². The lowest BCUT2D eigenvalue weighted by Crippen LogP contribution is -2.25. The molecule has 0 amide bonds. The molecule has 0 saturated carbocycles. The fourth-order valence-electron chi connectivity index (χ4n) is 2.95. The molecule has 3 aromatic carbocycles. The summed E-state index contributed by atoms with van der Waals surface area (Å²) in [6.07, 6.45) is 0. The van der Waals surface area contributed by atoms with Crippen LogP contribution >= 0.6 is 11.9 Å². The Kier molecular flexibility index (Phi) is 7.22. The predicted octanol–water partition coefficient (Wildman–Crippen LogP) is 5.65. The minimum absolute atomic E-state index is 0.0384. The molecule has 9 heteroatoms. The molecule has 6 nitrogen and oxygen atoms in total. The Bertz CT molecular complexity index is 1240. The minimum atomic E-state index is -3.95. The topological polar surface area (TPSA) is 83.9 Å². The minimum Gasteiger partial charge on any atom is -0.478 e. The third kappa shape index (κ3) is 5.29. The zero-order valence-corrected chi connectivity index (χ0v) is 19.3. The first kappa shape index (κ1) is 23.8. The summed E-state index contributed by atoms with van der Waals surface area (Å²) in [7, 11) is -3.95. The van der Waals surface area contributed by atoms with E-state index in [-0.39, 0.29) is 17.0 Å². The molecule has 1 N–H and O–H groups in total. The maximum absolute atomic E-state index is 13.3. The average Bonchev–Trinajstić information content (AvgIpc) is 2.74. The smallest absolute Gasteiger partial charge is 0.336 e.